The molecule has 1 fully saturated rings. The summed E-state index contributed by atoms with van der Waals surface area (Å²) in [5.41, 5.74) is 1.64. The Morgan fingerprint density at radius 2 is 1.54 bits per heavy atom. The molecular formula is C12H26Si. The summed E-state index contributed by atoms with van der Waals surface area (Å²) < 4.78 is 0. The minimum atomic E-state index is -0.845. The lowest BCUT2D eigenvalue weighted by Gasteiger charge is -2.29. The van der Waals surface area contributed by atoms with Crippen LogP contribution in [0.1, 0.15) is 40.0 Å². The second-order valence-corrected chi connectivity index (χ2v) is 12.5. The molecule has 1 aliphatic carbocycles. The van der Waals surface area contributed by atoms with Crippen LogP contribution >= 0.6 is 0 Å². The molecule has 0 bridgehead atoms. The fraction of sp³-hybridized carbons (Fsp3) is 1.00. The van der Waals surface area contributed by atoms with Crippen LogP contribution in [0.4, 0.5) is 0 Å². The lowest BCUT2D eigenvalue weighted by molar-refractivity contribution is 0.246. The van der Waals surface area contributed by atoms with E-state index in [1.165, 1.54) is 19.3 Å². The molecule has 0 saturated heterocycles. The highest BCUT2D eigenvalue weighted by molar-refractivity contribution is 6.77. The third-order valence-corrected chi connectivity index (χ3v) is 6.86. The van der Waals surface area contributed by atoms with E-state index in [4.69, 9.17) is 0 Å². The van der Waals surface area contributed by atoms with Crippen LogP contribution in [0.15, 0.2) is 0 Å². The lowest BCUT2D eigenvalue weighted by Crippen LogP contribution is -2.27. The Kier molecular flexibility index (Phi) is 2.97. The molecule has 0 heterocycles. The van der Waals surface area contributed by atoms with Crippen molar-refractivity contribution < 1.29 is 0 Å². The number of rotatable bonds is 1. The van der Waals surface area contributed by atoms with Gasteiger partial charge in [0.2, 0.25) is 0 Å². The summed E-state index contributed by atoms with van der Waals surface area (Å²) in [5, 5.41) is 0. The van der Waals surface area contributed by atoms with E-state index in [1.54, 1.807) is 0 Å². The monoisotopic (exact) mass is 198 g/mol. The molecule has 1 aliphatic rings. The van der Waals surface area contributed by atoms with Crippen molar-refractivity contribution in [1.82, 2.24) is 0 Å². The first-order valence-corrected chi connectivity index (χ1v) is 9.29. The fourth-order valence-corrected chi connectivity index (χ4v) is 4.58. The van der Waals surface area contributed by atoms with Gasteiger partial charge in [-0.05, 0) is 29.7 Å². The van der Waals surface area contributed by atoms with Crippen molar-refractivity contribution >= 4 is 8.07 Å². The van der Waals surface area contributed by atoms with Gasteiger partial charge in [-0.2, -0.15) is 0 Å². The first-order valence-electron chi connectivity index (χ1n) is 5.71. The van der Waals surface area contributed by atoms with Crippen molar-refractivity contribution in [3.63, 3.8) is 0 Å². The summed E-state index contributed by atoms with van der Waals surface area (Å²) in [5.74, 6) is 0.990. The smallest absolute Gasteiger partial charge is 0.0473 e. The molecule has 0 N–H and O–H groups in total. The van der Waals surface area contributed by atoms with Crippen LogP contribution in [0.3, 0.4) is 0 Å². The van der Waals surface area contributed by atoms with Crippen LogP contribution in [0, 0.1) is 11.3 Å². The number of hydrogen-bond acceptors (Lipinski definition) is 0. The van der Waals surface area contributed by atoms with Gasteiger partial charge in [-0.15, -0.1) is 0 Å². The largest absolute Gasteiger partial charge is 0.0693 e. The van der Waals surface area contributed by atoms with Crippen molar-refractivity contribution in [2.24, 2.45) is 11.3 Å². The SMILES string of the molecule is CC(C)(C)C1CCC([Si](C)(C)C)C1. The third-order valence-electron chi connectivity index (χ3n) is 3.88. The lowest BCUT2D eigenvalue weighted by atomic mass is 9.80. The van der Waals surface area contributed by atoms with E-state index >= 15 is 0 Å². The molecule has 0 radical (unpaired) electrons. The van der Waals surface area contributed by atoms with E-state index in [0.717, 1.165) is 11.5 Å². The molecule has 2 unspecified atom stereocenters. The summed E-state index contributed by atoms with van der Waals surface area (Å²) in [6, 6.07) is 0. The van der Waals surface area contributed by atoms with Crippen LogP contribution in [-0.4, -0.2) is 8.07 Å². The Morgan fingerprint density at radius 1 is 1.00 bits per heavy atom. The second-order valence-electron chi connectivity index (χ2n) is 6.94. The second kappa shape index (κ2) is 3.41. The molecule has 0 spiro atoms. The van der Waals surface area contributed by atoms with E-state index in [9.17, 15) is 0 Å². The molecule has 1 heteroatoms. The Morgan fingerprint density at radius 3 is 1.77 bits per heavy atom. The van der Waals surface area contributed by atoms with Gasteiger partial charge in [-0.25, -0.2) is 0 Å². The molecule has 13 heavy (non-hydrogen) atoms. The maximum absolute atomic E-state index is 2.53. The highest BCUT2D eigenvalue weighted by Crippen LogP contribution is 2.48. The van der Waals surface area contributed by atoms with Gasteiger partial charge in [0, 0.05) is 8.07 Å². The van der Waals surface area contributed by atoms with E-state index in [2.05, 4.69) is 40.4 Å². The molecule has 0 aromatic rings. The normalized spacial score (nSPS) is 30.9. The van der Waals surface area contributed by atoms with Gasteiger partial charge < -0.3 is 0 Å². The molecule has 0 aliphatic heterocycles. The van der Waals surface area contributed by atoms with Crippen LogP contribution in [0.25, 0.3) is 0 Å². The van der Waals surface area contributed by atoms with Crippen molar-refractivity contribution in [3.8, 4) is 0 Å². The number of hydrogen-bond donors (Lipinski definition) is 0. The average molecular weight is 198 g/mol. The molecule has 0 aromatic carbocycles. The Bertz CT molecular complexity index is 151. The zero-order chi connectivity index (χ0) is 10.3. The first kappa shape index (κ1) is 11.3. The molecule has 1 saturated carbocycles. The standard InChI is InChI=1S/C12H26Si/c1-12(2,3)10-7-8-11(9-10)13(4,5)6/h10-11H,7-9H2,1-6H3. The predicted molar refractivity (Wildman–Crippen MR) is 63.9 cm³/mol. The highest BCUT2D eigenvalue weighted by atomic mass is 28.3. The summed E-state index contributed by atoms with van der Waals surface area (Å²) >= 11 is 0. The van der Waals surface area contributed by atoms with E-state index in [1.807, 2.05) is 0 Å². The minimum absolute atomic E-state index is 0.550. The van der Waals surface area contributed by atoms with Crippen LogP contribution in [-0.2, 0) is 0 Å². The first-order chi connectivity index (χ1) is 5.71. The summed E-state index contributed by atoms with van der Waals surface area (Å²) in [6.45, 7) is 14.8. The van der Waals surface area contributed by atoms with Gasteiger partial charge in [0.1, 0.15) is 0 Å². The minimum Gasteiger partial charge on any atom is -0.0693 e. The average Bonchev–Trinajstić information content (AvgIpc) is 2.28. The molecule has 2 atom stereocenters. The predicted octanol–water partition coefficient (Wildman–Crippen LogP) is 4.54. The van der Waals surface area contributed by atoms with Gasteiger partial charge in [0.05, 0.1) is 0 Å². The molecule has 0 aromatic heterocycles. The van der Waals surface area contributed by atoms with Crippen molar-refractivity contribution in [2.75, 3.05) is 0 Å². The van der Waals surface area contributed by atoms with Gasteiger partial charge in [0.15, 0.2) is 0 Å². The Hall–Kier alpha value is 0.217. The quantitative estimate of drug-likeness (QED) is 0.543. The van der Waals surface area contributed by atoms with Crippen molar-refractivity contribution in [1.29, 1.82) is 0 Å². The van der Waals surface area contributed by atoms with Gasteiger partial charge in [0.25, 0.3) is 0 Å². The summed E-state index contributed by atoms with van der Waals surface area (Å²) in [7, 11) is -0.845. The van der Waals surface area contributed by atoms with E-state index in [0.29, 0.717) is 5.41 Å². The van der Waals surface area contributed by atoms with Gasteiger partial charge >= 0.3 is 0 Å². The van der Waals surface area contributed by atoms with Crippen molar-refractivity contribution in [3.05, 3.63) is 0 Å². The third kappa shape index (κ3) is 2.83. The zero-order valence-electron chi connectivity index (χ0n) is 10.3. The van der Waals surface area contributed by atoms with E-state index in [-0.39, 0.29) is 0 Å². The zero-order valence-corrected chi connectivity index (χ0v) is 11.3. The van der Waals surface area contributed by atoms with Crippen molar-refractivity contribution in [2.45, 2.75) is 65.2 Å². The molecule has 0 nitrogen and oxygen atoms in total. The highest BCUT2D eigenvalue weighted by Gasteiger charge is 2.38. The summed E-state index contributed by atoms with van der Waals surface area (Å²) in [6.07, 6.45) is 4.51. The maximum Gasteiger partial charge on any atom is 0.0473 e. The Balaban J connectivity index is 2.55. The fourth-order valence-electron chi connectivity index (χ4n) is 2.55. The Labute approximate surface area is 85.1 Å². The van der Waals surface area contributed by atoms with Gasteiger partial charge in [-0.3, -0.25) is 0 Å². The molecule has 0 amide bonds. The topological polar surface area (TPSA) is 0 Å². The molecule has 78 valence electrons. The van der Waals surface area contributed by atoms with Crippen LogP contribution < -0.4 is 0 Å². The maximum atomic E-state index is 2.53. The summed E-state index contributed by atoms with van der Waals surface area (Å²) in [4.78, 5) is 0. The van der Waals surface area contributed by atoms with Crippen LogP contribution in [0.5, 0.6) is 0 Å². The van der Waals surface area contributed by atoms with Gasteiger partial charge in [-0.1, -0.05) is 46.8 Å². The van der Waals surface area contributed by atoms with Crippen LogP contribution in [0.2, 0.25) is 25.2 Å². The van der Waals surface area contributed by atoms with E-state index < -0.39 is 8.07 Å². The molecular weight excluding hydrogens is 172 g/mol. The molecule has 1 rings (SSSR count).